The average molecular weight is 452 g/mol. The normalized spacial score (nSPS) is 13.0. The molecule has 0 heterocycles. The summed E-state index contributed by atoms with van der Waals surface area (Å²) in [6.07, 6.45) is 4.19. The Hall–Kier alpha value is -2.16. The van der Waals surface area contributed by atoms with E-state index in [0.717, 1.165) is 24.1 Å². The van der Waals surface area contributed by atoms with Gasteiger partial charge in [-0.25, -0.2) is 0 Å². The summed E-state index contributed by atoms with van der Waals surface area (Å²) in [5.41, 5.74) is 10.8. The number of non-ortho nitro benzene ring substituents is 1. The van der Waals surface area contributed by atoms with Crippen LogP contribution in [-0.2, 0) is 19.3 Å². The van der Waals surface area contributed by atoms with E-state index >= 15 is 0 Å². The van der Waals surface area contributed by atoms with Crippen molar-refractivity contribution in [3.63, 3.8) is 0 Å². The number of nitrogens with zero attached hydrogens (tertiary/aromatic N) is 2. The number of rotatable bonds is 5. The van der Waals surface area contributed by atoms with Crippen LogP contribution in [0.15, 0.2) is 47.5 Å². The standard InChI is InChI=1S/C18H20N4O2.HI/c19-18(21-16-7-6-14-2-1-3-15(14)12-16)20-11-10-13-4-8-17(9-5-13)22(23)24;/h4-9,12H,1-3,10-11H2,(H3,19,20,21);1H. The van der Waals surface area contributed by atoms with Crippen LogP contribution in [0.4, 0.5) is 11.4 Å². The highest BCUT2D eigenvalue weighted by Crippen LogP contribution is 2.24. The van der Waals surface area contributed by atoms with Gasteiger partial charge in [-0.2, -0.15) is 0 Å². The molecule has 0 unspecified atom stereocenters. The molecule has 0 bridgehead atoms. The molecular weight excluding hydrogens is 431 g/mol. The minimum atomic E-state index is -0.402. The van der Waals surface area contributed by atoms with Crippen LogP contribution in [0.25, 0.3) is 0 Å². The quantitative estimate of drug-likeness (QED) is 0.238. The Balaban J connectivity index is 0.00000225. The van der Waals surface area contributed by atoms with Crippen molar-refractivity contribution >= 4 is 41.3 Å². The van der Waals surface area contributed by atoms with E-state index < -0.39 is 4.92 Å². The van der Waals surface area contributed by atoms with Crippen LogP contribution in [0.3, 0.4) is 0 Å². The third-order valence-corrected chi connectivity index (χ3v) is 4.20. The van der Waals surface area contributed by atoms with Crippen LogP contribution in [0.1, 0.15) is 23.1 Å². The van der Waals surface area contributed by atoms with Gasteiger partial charge in [0.15, 0.2) is 5.96 Å². The Kier molecular flexibility index (Phi) is 6.74. The van der Waals surface area contributed by atoms with Gasteiger partial charge in [-0.3, -0.25) is 15.1 Å². The van der Waals surface area contributed by atoms with Gasteiger partial charge in [-0.15, -0.1) is 24.0 Å². The van der Waals surface area contributed by atoms with Gasteiger partial charge in [0.2, 0.25) is 0 Å². The molecule has 0 spiro atoms. The molecule has 0 fully saturated rings. The number of benzene rings is 2. The molecule has 2 aromatic carbocycles. The zero-order chi connectivity index (χ0) is 16.9. The molecule has 1 aliphatic rings. The van der Waals surface area contributed by atoms with Gasteiger partial charge in [0, 0.05) is 24.4 Å². The minimum Gasteiger partial charge on any atom is -0.370 e. The largest absolute Gasteiger partial charge is 0.370 e. The molecule has 0 radical (unpaired) electrons. The lowest BCUT2D eigenvalue weighted by Crippen LogP contribution is -2.23. The number of halogens is 1. The van der Waals surface area contributed by atoms with Gasteiger partial charge in [-0.05, 0) is 54.5 Å². The highest BCUT2D eigenvalue weighted by atomic mass is 127. The minimum absolute atomic E-state index is 0. The van der Waals surface area contributed by atoms with Crippen molar-refractivity contribution in [3.05, 3.63) is 69.3 Å². The molecule has 2 aromatic rings. The number of hydrogen-bond donors (Lipinski definition) is 2. The summed E-state index contributed by atoms with van der Waals surface area (Å²) in [7, 11) is 0. The number of nitrogens with two attached hydrogens (primary N) is 1. The molecule has 0 atom stereocenters. The maximum Gasteiger partial charge on any atom is 0.269 e. The number of hydrogen-bond acceptors (Lipinski definition) is 3. The molecule has 0 aliphatic heterocycles. The summed E-state index contributed by atoms with van der Waals surface area (Å²) in [5.74, 6) is 0.384. The van der Waals surface area contributed by atoms with Crippen LogP contribution in [0, 0.1) is 10.1 Å². The molecule has 0 amide bonds. The molecule has 7 heteroatoms. The summed E-state index contributed by atoms with van der Waals surface area (Å²) >= 11 is 0. The zero-order valence-corrected chi connectivity index (χ0v) is 16.1. The molecule has 132 valence electrons. The van der Waals surface area contributed by atoms with E-state index in [1.165, 1.54) is 29.7 Å². The number of nitro groups is 1. The maximum atomic E-state index is 10.6. The number of aryl methyl sites for hydroxylation is 2. The lowest BCUT2D eigenvalue weighted by molar-refractivity contribution is -0.384. The summed E-state index contributed by atoms with van der Waals surface area (Å²) in [6.45, 7) is 0.529. The van der Waals surface area contributed by atoms with Crippen molar-refractivity contribution in [1.29, 1.82) is 0 Å². The van der Waals surface area contributed by atoms with Crippen LogP contribution >= 0.6 is 24.0 Å². The van der Waals surface area contributed by atoms with Crippen LogP contribution in [-0.4, -0.2) is 17.4 Å². The molecule has 1 aliphatic carbocycles. The summed E-state index contributed by atoms with van der Waals surface area (Å²) in [6, 6.07) is 12.8. The first kappa shape index (κ1) is 19.2. The predicted octanol–water partition coefficient (Wildman–Crippen LogP) is 3.67. The number of nitrogens with one attached hydrogen (secondary N) is 1. The molecule has 0 saturated heterocycles. The fraction of sp³-hybridized carbons (Fsp3) is 0.278. The number of anilines is 1. The number of fused-ring (bicyclic) bond motifs is 1. The first-order valence-electron chi connectivity index (χ1n) is 8.04. The lowest BCUT2D eigenvalue weighted by Gasteiger charge is -2.08. The second kappa shape index (κ2) is 8.80. The van der Waals surface area contributed by atoms with Crippen molar-refractivity contribution < 1.29 is 4.92 Å². The van der Waals surface area contributed by atoms with Crippen molar-refractivity contribution in [1.82, 2.24) is 0 Å². The Morgan fingerprint density at radius 1 is 1.16 bits per heavy atom. The molecule has 3 N–H and O–H groups in total. The second-order valence-corrected chi connectivity index (χ2v) is 5.90. The molecule has 0 aromatic heterocycles. The number of aliphatic imine (C=N–C) groups is 1. The van der Waals surface area contributed by atoms with Gasteiger partial charge in [0.05, 0.1) is 4.92 Å². The van der Waals surface area contributed by atoms with E-state index in [9.17, 15) is 10.1 Å². The number of nitro benzene ring substituents is 1. The molecule has 3 rings (SSSR count). The first-order chi connectivity index (χ1) is 11.6. The van der Waals surface area contributed by atoms with E-state index in [2.05, 4.69) is 22.4 Å². The highest BCUT2D eigenvalue weighted by Gasteiger charge is 2.10. The SMILES string of the molecule is I.NC(=NCCc1ccc([N+](=O)[O-])cc1)Nc1ccc2c(c1)CCC2. The molecule has 0 saturated carbocycles. The van der Waals surface area contributed by atoms with Crippen LogP contribution < -0.4 is 11.1 Å². The van der Waals surface area contributed by atoms with Gasteiger partial charge in [0.1, 0.15) is 0 Å². The smallest absolute Gasteiger partial charge is 0.269 e. The van der Waals surface area contributed by atoms with Gasteiger partial charge < -0.3 is 11.1 Å². The van der Waals surface area contributed by atoms with E-state index in [4.69, 9.17) is 5.73 Å². The first-order valence-corrected chi connectivity index (χ1v) is 8.04. The Labute approximate surface area is 163 Å². The Morgan fingerprint density at radius 3 is 2.60 bits per heavy atom. The second-order valence-electron chi connectivity index (χ2n) is 5.90. The summed E-state index contributed by atoms with van der Waals surface area (Å²) < 4.78 is 0. The average Bonchev–Trinajstić information content (AvgIpc) is 3.03. The van der Waals surface area contributed by atoms with E-state index in [1.54, 1.807) is 12.1 Å². The zero-order valence-electron chi connectivity index (χ0n) is 13.8. The number of guanidine groups is 1. The molecule has 25 heavy (non-hydrogen) atoms. The Bertz CT molecular complexity index is 775. The summed E-state index contributed by atoms with van der Waals surface area (Å²) in [4.78, 5) is 14.5. The van der Waals surface area contributed by atoms with Crippen LogP contribution in [0.2, 0.25) is 0 Å². The lowest BCUT2D eigenvalue weighted by atomic mass is 10.1. The predicted molar refractivity (Wildman–Crippen MR) is 111 cm³/mol. The van der Waals surface area contributed by atoms with Gasteiger partial charge in [-0.1, -0.05) is 18.2 Å². The molecule has 6 nitrogen and oxygen atoms in total. The third kappa shape index (κ3) is 5.15. The van der Waals surface area contributed by atoms with Gasteiger partial charge in [0.25, 0.3) is 5.69 Å². The monoisotopic (exact) mass is 452 g/mol. The fourth-order valence-corrected chi connectivity index (χ4v) is 2.93. The van der Waals surface area contributed by atoms with Gasteiger partial charge >= 0.3 is 0 Å². The van der Waals surface area contributed by atoms with Crippen molar-refractivity contribution in [2.45, 2.75) is 25.7 Å². The van der Waals surface area contributed by atoms with Crippen LogP contribution in [0.5, 0.6) is 0 Å². The van der Waals surface area contributed by atoms with Crippen molar-refractivity contribution in [2.75, 3.05) is 11.9 Å². The molecular formula is C18H21IN4O2. The van der Waals surface area contributed by atoms with E-state index in [0.29, 0.717) is 18.9 Å². The van der Waals surface area contributed by atoms with E-state index in [1.807, 2.05) is 6.07 Å². The van der Waals surface area contributed by atoms with Crippen molar-refractivity contribution in [2.24, 2.45) is 10.7 Å². The summed E-state index contributed by atoms with van der Waals surface area (Å²) in [5, 5.41) is 13.7. The topological polar surface area (TPSA) is 93.5 Å². The fourth-order valence-electron chi connectivity index (χ4n) is 2.93. The van der Waals surface area contributed by atoms with Crippen molar-refractivity contribution in [3.8, 4) is 0 Å². The maximum absolute atomic E-state index is 10.6. The van der Waals surface area contributed by atoms with E-state index in [-0.39, 0.29) is 29.7 Å². The third-order valence-electron chi connectivity index (χ3n) is 4.20. The highest BCUT2D eigenvalue weighted by molar-refractivity contribution is 14.0. The Morgan fingerprint density at radius 2 is 1.88 bits per heavy atom.